The molecule has 2 aliphatic rings. The van der Waals surface area contributed by atoms with Crippen LogP contribution in [0.25, 0.3) is 0 Å². The first kappa shape index (κ1) is 14.8. The molecule has 1 saturated heterocycles. The van der Waals surface area contributed by atoms with Crippen molar-refractivity contribution in [3.8, 4) is 0 Å². The number of hydrogen-bond acceptors (Lipinski definition) is 4. The van der Waals surface area contributed by atoms with Crippen molar-refractivity contribution in [1.29, 1.82) is 0 Å². The standard InChI is InChI=1S/C14H25NO4/c1-9-7-12(8-10(2)19-9)18-6-5-13(14(16)17)15-11-3-4-11/h9-13,15H,3-8H2,1-2H3,(H,16,17). The molecule has 0 spiro atoms. The lowest BCUT2D eigenvalue weighted by Gasteiger charge is -2.32. The van der Waals surface area contributed by atoms with Crippen LogP contribution in [0.3, 0.4) is 0 Å². The minimum atomic E-state index is -0.774. The summed E-state index contributed by atoms with van der Waals surface area (Å²) in [6.07, 6.45) is 5.19. The smallest absolute Gasteiger partial charge is 0.320 e. The normalized spacial score (nSPS) is 33.1. The molecule has 0 radical (unpaired) electrons. The lowest BCUT2D eigenvalue weighted by Crippen LogP contribution is -2.40. The van der Waals surface area contributed by atoms with E-state index in [-0.39, 0.29) is 18.3 Å². The third-order valence-corrected chi connectivity index (χ3v) is 3.73. The van der Waals surface area contributed by atoms with Gasteiger partial charge in [0.2, 0.25) is 0 Å². The first-order valence-electron chi connectivity index (χ1n) is 7.30. The number of nitrogens with one attached hydrogen (secondary N) is 1. The molecule has 0 bridgehead atoms. The summed E-state index contributed by atoms with van der Waals surface area (Å²) in [4.78, 5) is 11.1. The molecular weight excluding hydrogens is 246 g/mol. The van der Waals surface area contributed by atoms with Crippen LogP contribution in [0.2, 0.25) is 0 Å². The van der Waals surface area contributed by atoms with E-state index in [1.54, 1.807) is 0 Å². The summed E-state index contributed by atoms with van der Waals surface area (Å²) in [5.41, 5.74) is 0. The second-order valence-electron chi connectivity index (χ2n) is 5.84. The molecule has 5 heteroatoms. The van der Waals surface area contributed by atoms with Gasteiger partial charge in [-0.15, -0.1) is 0 Å². The number of rotatable bonds is 7. The maximum atomic E-state index is 11.1. The van der Waals surface area contributed by atoms with E-state index in [2.05, 4.69) is 19.2 Å². The van der Waals surface area contributed by atoms with Gasteiger partial charge in [-0.2, -0.15) is 0 Å². The molecule has 2 fully saturated rings. The predicted molar refractivity (Wildman–Crippen MR) is 71.2 cm³/mol. The Kier molecular flexibility index (Phi) is 5.19. The van der Waals surface area contributed by atoms with Gasteiger partial charge in [-0.3, -0.25) is 4.79 Å². The number of carboxylic acids is 1. The minimum Gasteiger partial charge on any atom is -0.480 e. The van der Waals surface area contributed by atoms with Crippen molar-refractivity contribution >= 4 is 5.97 Å². The molecule has 0 aromatic carbocycles. The lowest BCUT2D eigenvalue weighted by atomic mass is 10.0. The SMILES string of the molecule is CC1CC(OCCC(NC2CC2)C(=O)O)CC(C)O1. The Hall–Kier alpha value is -0.650. The lowest BCUT2D eigenvalue weighted by molar-refractivity contribution is -0.141. The highest BCUT2D eigenvalue weighted by Gasteiger charge is 2.29. The second kappa shape index (κ2) is 6.68. The van der Waals surface area contributed by atoms with Gasteiger partial charge in [0, 0.05) is 12.6 Å². The highest BCUT2D eigenvalue weighted by molar-refractivity contribution is 5.73. The Balaban J connectivity index is 1.67. The molecule has 5 nitrogen and oxygen atoms in total. The summed E-state index contributed by atoms with van der Waals surface area (Å²) < 4.78 is 11.5. The molecule has 2 rings (SSSR count). The number of ether oxygens (including phenoxy) is 2. The average Bonchev–Trinajstić information content (AvgIpc) is 3.10. The second-order valence-corrected chi connectivity index (χ2v) is 5.84. The van der Waals surface area contributed by atoms with Crippen LogP contribution in [-0.2, 0) is 14.3 Å². The zero-order chi connectivity index (χ0) is 13.8. The van der Waals surface area contributed by atoms with Gasteiger partial charge >= 0.3 is 5.97 Å². The van der Waals surface area contributed by atoms with Gasteiger partial charge in [-0.1, -0.05) is 0 Å². The molecule has 110 valence electrons. The van der Waals surface area contributed by atoms with Crippen molar-refractivity contribution in [1.82, 2.24) is 5.32 Å². The van der Waals surface area contributed by atoms with Crippen LogP contribution < -0.4 is 5.32 Å². The molecule has 1 aliphatic carbocycles. The van der Waals surface area contributed by atoms with Crippen LogP contribution >= 0.6 is 0 Å². The van der Waals surface area contributed by atoms with Crippen molar-refractivity contribution < 1.29 is 19.4 Å². The van der Waals surface area contributed by atoms with Crippen LogP contribution in [0.15, 0.2) is 0 Å². The fraction of sp³-hybridized carbons (Fsp3) is 0.929. The molecular formula is C14H25NO4. The number of aliphatic carboxylic acids is 1. The molecule has 0 aromatic heterocycles. The molecule has 3 atom stereocenters. The van der Waals surface area contributed by atoms with E-state index in [0.29, 0.717) is 19.1 Å². The van der Waals surface area contributed by atoms with E-state index >= 15 is 0 Å². The van der Waals surface area contributed by atoms with Crippen LogP contribution in [0.1, 0.15) is 46.0 Å². The molecule has 1 aliphatic heterocycles. The fourth-order valence-corrected chi connectivity index (χ4v) is 2.65. The number of hydrogen-bond donors (Lipinski definition) is 2. The summed E-state index contributed by atoms with van der Waals surface area (Å²) in [5.74, 6) is -0.774. The van der Waals surface area contributed by atoms with Crippen LogP contribution in [-0.4, -0.2) is 48.1 Å². The summed E-state index contributed by atoms with van der Waals surface area (Å²) in [7, 11) is 0. The van der Waals surface area contributed by atoms with Crippen molar-refractivity contribution in [3.05, 3.63) is 0 Å². The summed E-state index contributed by atoms with van der Waals surface area (Å²) in [5, 5.41) is 12.3. The Labute approximate surface area is 114 Å². The van der Waals surface area contributed by atoms with E-state index in [9.17, 15) is 4.79 Å². The van der Waals surface area contributed by atoms with Crippen molar-refractivity contribution in [2.75, 3.05) is 6.61 Å². The first-order chi connectivity index (χ1) is 9.04. The van der Waals surface area contributed by atoms with Crippen LogP contribution in [0, 0.1) is 0 Å². The zero-order valence-electron chi connectivity index (χ0n) is 11.8. The number of carbonyl (C=O) groups is 1. The quantitative estimate of drug-likeness (QED) is 0.735. The van der Waals surface area contributed by atoms with E-state index in [1.807, 2.05) is 0 Å². The van der Waals surface area contributed by atoms with Gasteiger partial charge in [0.05, 0.1) is 18.3 Å². The van der Waals surface area contributed by atoms with Crippen LogP contribution in [0.4, 0.5) is 0 Å². The molecule has 0 amide bonds. The Morgan fingerprint density at radius 1 is 1.37 bits per heavy atom. The van der Waals surface area contributed by atoms with Gasteiger partial charge in [0.15, 0.2) is 0 Å². The molecule has 2 N–H and O–H groups in total. The highest BCUT2D eigenvalue weighted by Crippen LogP contribution is 2.22. The van der Waals surface area contributed by atoms with Crippen molar-refractivity contribution in [2.45, 2.75) is 76.3 Å². The third-order valence-electron chi connectivity index (χ3n) is 3.73. The third kappa shape index (κ3) is 5.09. The number of carboxylic acid groups (broad SMARTS) is 1. The Morgan fingerprint density at radius 2 is 2.00 bits per heavy atom. The average molecular weight is 271 g/mol. The van der Waals surface area contributed by atoms with Gasteiger partial charge in [0.1, 0.15) is 6.04 Å². The van der Waals surface area contributed by atoms with E-state index in [4.69, 9.17) is 14.6 Å². The zero-order valence-corrected chi connectivity index (χ0v) is 11.8. The van der Waals surface area contributed by atoms with E-state index in [1.165, 1.54) is 0 Å². The van der Waals surface area contributed by atoms with Crippen molar-refractivity contribution in [3.63, 3.8) is 0 Å². The molecule has 0 aromatic rings. The Bertz CT molecular complexity index is 296. The van der Waals surface area contributed by atoms with Gasteiger partial charge in [-0.05, 0) is 46.0 Å². The largest absolute Gasteiger partial charge is 0.480 e. The van der Waals surface area contributed by atoms with Gasteiger partial charge < -0.3 is 19.9 Å². The predicted octanol–water partition coefficient (Wildman–Crippen LogP) is 1.55. The van der Waals surface area contributed by atoms with Gasteiger partial charge in [-0.25, -0.2) is 0 Å². The van der Waals surface area contributed by atoms with Crippen molar-refractivity contribution in [2.24, 2.45) is 0 Å². The molecule has 1 saturated carbocycles. The monoisotopic (exact) mass is 271 g/mol. The molecule has 3 unspecified atom stereocenters. The maximum absolute atomic E-state index is 11.1. The Morgan fingerprint density at radius 3 is 2.53 bits per heavy atom. The van der Waals surface area contributed by atoms with E-state index in [0.717, 1.165) is 25.7 Å². The highest BCUT2D eigenvalue weighted by atomic mass is 16.5. The van der Waals surface area contributed by atoms with Crippen LogP contribution in [0.5, 0.6) is 0 Å². The topological polar surface area (TPSA) is 67.8 Å². The minimum absolute atomic E-state index is 0.203. The van der Waals surface area contributed by atoms with E-state index < -0.39 is 12.0 Å². The summed E-state index contributed by atoms with van der Waals surface area (Å²) in [6, 6.07) is -0.0635. The molecule has 19 heavy (non-hydrogen) atoms. The van der Waals surface area contributed by atoms with Gasteiger partial charge in [0.25, 0.3) is 0 Å². The first-order valence-corrected chi connectivity index (χ1v) is 7.30. The summed E-state index contributed by atoms with van der Waals surface area (Å²) >= 11 is 0. The molecule has 1 heterocycles. The fourth-order valence-electron chi connectivity index (χ4n) is 2.65. The summed E-state index contributed by atoms with van der Waals surface area (Å²) in [6.45, 7) is 4.61. The maximum Gasteiger partial charge on any atom is 0.320 e.